The number of allylic oxidation sites excluding steroid dienone is 4. The van der Waals surface area contributed by atoms with Crippen molar-refractivity contribution in [3.63, 3.8) is 0 Å². The van der Waals surface area contributed by atoms with E-state index in [1.54, 1.807) is 6.08 Å². The van der Waals surface area contributed by atoms with E-state index < -0.39 is 0 Å². The zero-order valence-corrected chi connectivity index (χ0v) is 9.58. The first kappa shape index (κ1) is 11.2. The fourth-order valence-electron chi connectivity index (χ4n) is 2.24. The van der Waals surface area contributed by atoms with E-state index in [0.717, 1.165) is 6.42 Å². The highest BCUT2D eigenvalue weighted by Gasteiger charge is 2.29. The van der Waals surface area contributed by atoms with Crippen LogP contribution in [-0.4, -0.2) is 5.78 Å². The molecule has 1 rings (SSSR count). The molecular formula is C13H20O. The summed E-state index contributed by atoms with van der Waals surface area (Å²) >= 11 is 0. The Morgan fingerprint density at radius 2 is 2.14 bits per heavy atom. The molecule has 0 heterocycles. The second-order valence-corrected chi connectivity index (χ2v) is 4.42. The molecule has 0 fully saturated rings. The van der Waals surface area contributed by atoms with E-state index in [2.05, 4.69) is 26.8 Å². The molecular weight excluding hydrogens is 172 g/mol. The molecule has 3 unspecified atom stereocenters. The quantitative estimate of drug-likeness (QED) is 0.484. The molecule has 0 bridgehead atoms. The van der Waals surface area contributed by atoms with Crippen LogP contribution < -0.4 is 0 Å². The molecule has 0 aromatic carbocycles. The van der Waals surface area contributed by atoms with Crippen molar-refractivity contribution < 1.29 is 4.79 Å². The smallest absolute Gasteiger partial charge is 0.159 e. The summed E-state index contributed by atoms with van der Waals surface area (Å²) in [7, 11) is 0. The van der Waals surface area contributed by atoms with E-state index in [1.807, 2.05) is 13.0 Å². The van der Waals surface area contributed by atoms with E-state index in [-0.39, 0.29) is 5.92 Å². The summed E-state index contributed by atoms with van der Waals surface area (Å²) in [5, 5.41) is 0. The van der Waals surface area contributed by atoms with E-state index in [9.17, 15) is 4.79 Å². The molecule has 1 nitrogen and oxygen atoms in total. The van der Waals surface area contributed by atoms with Gasteiger partial charge in [-0.15, -0.1) is 0 Å². The largest absolute Gasteiger partial charge is 0.295 e. The van der Waals surface area contributed by atoms with Gasteiger partial charge in [-0.05, 0) is 38.2 Å². The van der Waals surface area contributed by atoms with Crippen molar-refractivity contribution in [3.05, 3.63) is 23.8 Å². The fourth-order valence-corrected chi connectivity index (χ4v) is 2.24. The second-order valence-electron chi connectivity index (χ2n) is 4.42. The van der Waals surface area contributed by atoms with Gasteiger partial charge in [0.1, 0.15) is 0 Å². The second kappa shape index (κ2) is 4.59. The van der Waals surface area contributed by atoms with Gasteiger partial charge in [0.25, 0.3) is 0 Å². The highest BCUT2D eigenvalue weighted by molar-refractivity contribution is 5.92. The predicted octanol–water partition coefficient (Wildman–Crippen LogP) is 3.37. The summed E-state index contributed by atoms with van der Waals surface area (Å²) in [4.78, 5) is 11.8. The van der Waals surface area contributed by atoms with Crippen LogP contribution in [0.2, 0.25) is 0 Å². The lowest BCUT2D eigenvalue weighted by atomic mass is 9.74. The van der Waals surface area contributed by atoms with Crippen molar-refractivity contribution in [2.24, 2.45) is 17.8 Å². The van der Waals surface area contributed by atoms with Gasteiger partial charge in [0.2, 0.25) is 0 Å². The van der Waals surface area contributed by atoms with E-state index in [0.29, 0.717) is 17.6 Å². The maximum Gasteiger partial charge on any atom is 0.159 e. The molecule has 0 N–H and O–H groups in total. The normalized spacial score (nSPS) is 33.1. The molecule has 0 aromatic heterocycles. The highest BCUT2D eigenvalue weighted by atomic mass is 16.1. The Bertz CT molecular complexity index is 273. The van der Waals surface area contributed by atoms with Crippen molar-refractivity contribution in [3.8, 4) is 0 Å². The molecule has 14 heavy (non-hydrogen) atoms. The fraction of sp³-hybridized carbons (Fsp3) is 0.615. The molecule has 0 saturated heterocycles. The topological polar surface area (TPSA) is 17.1 Å². The molecule has 0 aliphatic heterocycles. The van der Waals surface area contributed by atoms with Crippen LogP contribution in [0.5, 0.6) is 0 Å². The maximum absolute atomic E-state index is 11.8. The van der Waals surface area contributed by atoms with Gasteiger partial charge in [-0.1, -0.05) is 31.6 Å². The summed E-state index contributed by atoms with van der Waals surface area (Å²) in [6.07, 6.45) is 6.85. The van der Waals surface area contributed by atoms with Crippen LogP contribution in [0.4, 0.5) is 0 Å². The monoisotopic (exact) mass is 192 g/mol. The minimum absolute atomic E-state index is 0.200. The molecule has 0 radical (unpaired) electrons. The van der Waals surface area contributed by atoms with Crippen LogP contribution in [0.1, 0.15) is 34.1 Å². The Kier molecular flexibility index (Phi) is 3.68. The number of ketones is 1. The van der Waals surface area contributed by atoms with Gasteiger partial charge >= 0.3 is 0 Å². The number of carbonyl (C=O) groups excluding carboxylic acids is 1. The molecule has 0 aromatic rings. The van der Waals surface area contributed by atoms with Crippen LogP contribution in [0.25, 0.3) is 0 Å². The third kappa shape index (κ3) is 2.34. The third-order valence-corrected chi connectivity index (χ3v) is 3.19. The van der Waals surface area contributed by atoms with Gasteiger partial charge in [-0.2, -0.15) is 0 Å². The average Bonchev–Trinajstić information content (AvgIpc) is 2.11. The number of hydrogen-bond acceptors (Lipinski definition) is 1. The summed E-state index contributed by atoms with van der Waals surface area (Å²) in [6.45, 7) is 8.38. The van der Waals surface area contributed by atoms with Crippen LogP contribution in [0.15, 0.2) is 23.8 Å². The van der Waals surface area contributed by atoms with Crippen LogP contribution >= 0.6 is 0 Å². The average molecular weight is 192 g/mol. The first-order chi connectivity index (χ1) is 6.56. The van der Waals surface area contributed by atoms with Crippen molar-refractivity contribution in [2.75, 3.05) is 0 Å². The van der Waals surface area contributed by atoms with Crippen molar-refractivity contribution in [2.45, 2.75) is 34.1 Å². The summed E-state index contributed by atoms with van der Waals surface area (Å²) in [5.74, 6) is 1.45. The minimum Gasteiger partial charge on any atom is -0.295 e. The first-order valence-corrected chi connectivity index (χ1v) is 5.41. The van der Waals surface area contributed by atoms with Crippen LogP contribution in [0, 0.1) is 17.8 Å². The first-order valence-electron chi connectivity index (χ1n) is 5.41. The van der Waals surface area contributed by atoms with E-state index in [1.165, 1.54) is 5.57 Å². The van der Waals surface area contributed by atoms with Crippen molar-refractivity contribution >= 4 is 5.78 Å². The summed E-state index contributed by atoms with van der Waals surface area (Å²) in [6, 6.07) is 0. The Hall–Kier alpha value is -0.850. The van der Waals surface area contributed by atoms with Gasteiger partial charge in [0.15, 0.2) is 5.78 Å². The molecule has 1 heteroatoms. The minimum atomic E-state index is 0.200. The standard InChI is InChI=1S/C13H20O/c1-5-6-13(14)12-8-9(2)7-10(3)11(12)4/h5-7,9,11-12H,8H2,1-4H3. The van der Waals surface area contributed by atoms with Crippen LogP contribution in [-0.2, 0) is 4.79 Å². The third-order valence-electron chi connectivity index (χ3n) is 3.19. The van der Waals surface area contributed by atoms with Crippen molar-refractivity contribution in [1.82, 2.24) is 0 Å². The number of rotatable bonds is 2. The van der Waals surface area contributed by atoms with Crippen molar-refractivity contribution in [1.29, 1.82) is 0 Å². The molecule has 3 atom stereocenters. The highest BCUT2D eigenvalue weighted by Crippen LogP contribution is 2.33. The lowest BCUT2D eigenvalue weighted by molar-refractivity contribution is -0.119. The maximum atomic E-state index is 11.8. The lowest BCUT2D eigenvalue weighted by Gasteiger charge is -2.29. The van der Waals surface area contributed by atoms with E-state index >= 15 is 0 Å². The molecule has 1 aliphatic carbocycles. The Morgan fingerprint density at radius 1 is 1.50 bits per heavy atom. The van der Waals surface area contributed by atoms with Gasteiger partial charge < -0.3 is 0 Å². The predicted molar refractivity (Wildman–Crippen MR) is 60.0 cm³/mol. The Balaban J connectivity index is 2.81. The lowest BCUT2D eigenvalue weighted by Crippen LogP contribution is -2.26. The molecule has 1 aliphatic rings. The summed E-state index contributed by atoms with van der Waals surface area (Å²) < 4.78 is 0. The molecule has 0 saturated carbocycles. The molecule has 78 valence electrons. The van der Waals surface area contributed by atoms with Gasteiger partial charge in [-0.3, -0.25) is 4.79 Å². The Labute approximate surface area is 86.9 Å². The number of hydrogen-bond donors (Lipinski definition) is 0. The Morgan fingerprint density at radius 3 is 2.71 bits per heavy atom. The molecule has 0 spiro atoms. The van der Waals surface area contributed by atoms with Crippen LogP contribution in [0.3, 0.4) is 0 Å². The van der Waals surface area contributed by atoms with Gasteiger partial charge in [0, 0.05) is 5.92 Å². The van der Waals surface area contributed by atoms with Gasteiger partial charge in [-0.25, -0.2) is 0 Å². The zero-order valence-electron chi connectivity index (χ0n) is 9.58. The summed E-state index contributed by atoms with van der Waals surface area (Å²) in [5.41, 5.74) is 1.37. The SMILES string of the molecule is CC=CC(=O)C1CC(C)C=C(C)C1C. The number of carbonyl (C=O) groups is 1. The van der Waals surface area contributed by atoms with Gasteiger partial charge in [0.05, 0.1) is 0 Å². The zero-order chi connectivity index (χ0) is 10.7. The molecule has 0 amide bonds. The van der Waals surface area contributed by atoms with E-state index in [4.69, 9.17) is 0 Å².